The Morgan fingerprint density at radius 1 is 1.00 bits per heavy atom. The number of ether oxygens (including phenoxy) is 1. The standard InChI is InChI=1S/C19H23NO/c1-21-12-11-16-9-5-6-10-19(16)20-18-13-17(14-18)15-7-3-2-4-8-15/h2-10,17-18,20H,11-14H2,1H3. The van der Waals surface area contributed by atoms with E-state index in [9.17, 15) is 0 Å². The lowest BCUT2D eigenvalue weighted by Gasteiger charge is -2.37. The molecular weight excluding hydrogens is 258 g/mol. The summed E-state index contributed by atoms with van der Waals surface area (Å²) in [5.41, 5.74) is 4.09. The first-order chi connectivity index (χ1) is 10.4. The van der Waals surface area contributed by atoms with E-state index in [1.165, 1.54) is 29.7 Å². The van der Waals surface area contributed by atoms with E-state index in [-0.39, 0.29) is 0 Å². The Balaban J connectivity index is 1.57. The molecule has 2 heteroatoms. The molecule has 0 bridgehead atoms. The summed E-state index contributed by atoms with van der Waals surface area (Å²) >= 11 is 0. The van der Waals surface area contributed by atoms with Crippen LogP contribution >= 0.6 is 0 Å². The van der Waals surface area contributed by atoms with Gasteiger partial charge in [-0.25, -0.2) is 0 Å². The van der Waals surface area contributed by atoms with Crippen LogP contribution in [0.1, 0.15) is 29.9 Å². The molecular formula is C19H23NO. The molecule has 1 saturated carbocycles. The number of methoxy groups -OCH3 is 1. The van der Waals surface area contributed by atoms with Crippen LogP contribution in [0.2, 0.25) is 0 Å². The molecule has 0 aliphatic heterocycles. The first-order valence-corrected chi connectivity index (χ1v) is 7.75. The van der Waals surface area contributed by atoms with Gasteiger partial charge in [-0.05, 0) is 42.4 Å². The van der Waals surface area contributed by atoms with Crippen LogP contribution in [0.4, 0.5) is 5.69 Å². The molecule has 1 aliphatic carbocycles. The lowest BCUT2D eigenvalue weighted by atomic mass is 9.76. The third-order valence-electron chi connectivity index (χ3n) is 4.36. The summed E-state index contributed by atoms with van der Waals surface area (Å²) in [5.74, 6) is 0.717. The molecule has 0 unspecified atom stereocenters. The van der Waals surface area contributed by atoms with Crippen molar-refractivity contribution >= 4 is 5.69 Å². The minimum Gasteiger partial charge on any atom is -0.384 e. The molecule has 0 saturated heterocycles. The molecule has 0 atom stereocenters. The third-order valence-corrected chi connectivity index (χ3v) is 4.36. The van der Waals surface area contributed by atoms with Crippen LogP contribution in [-0.2, 0) is 11.2 Å². The number of benzene rings is 2. The van der Waals surface area contributed by atoms with Crippen LogP contribution in [0.25, 0.3) is 0 Å². The molecule has 110 valence electrons. The van der Waals surface area contributed by atoms with Gasteiger partial charge >= 0.3 is 0 Å². The van der Waals surface area contributed by atoms with Crippen molar-refractivity contribution in [3.05, 3.63) is 65.7 Å². The maximum Gasteiger partial charge on any atom is 0.0503 e. The summed E-state index contributed by atoms with van der Waals surface area (Å²) in [5, 5.41) is 3.70. The first-order valence-electron chi connectivity index (χ1n) is 7.75. The van der Waals surface area contributed by atoms with Crippen molar-refractivity contribution in [1.82, 2.24) is 0 Å². The lowest BCUT2D eigenvalue weighted by molar-refractivity contribution is 0.202. The maximum atomic E-state index is 5.19. The minimum absolute atomic E-state index is 0.596. The highest BCUT2D eigenvalue weighted by Crippen LogP contribution is 2.38. The molecule has 0 heterocycles. The molecule has 21 heavy (non-hydrogen) atoms. The summed E-state index contributed by atoms with van der Waals surface area (Å²) < 4.78 is 5.19. The van der Waals surface area contributed by atoms with Crippen LogP contribution < -0.4 is 5.32 Å². The molecule has 1 N–H and O–H groups in total. The predicted octanol–water partition coefficient (Wildman–Crippen LogP) is 4.23. The van der Waals surface area contributed by atoms with Gasteiger partial charge < -0.3 is 10.1 Å². The van der Waals surface area contributed by atoms with E-state index in [1.807, 2.05) is 0 Å². The van der Waals surface area contributed by atoms with Crippen LogP contribution in [0, 0.1) is 0 Å². The van der Waals surface area contributed by atoms with Crippen molar-refractivity contribution in [3.8, 4) is 0 Å². The SMILES string of the molecule is COCCc1ccccc1NC1CC(c2ccccc2)C1. The second-order valence-corrected chi connectivity index (χ2v) is 5.82. The highest BCUT2D eigenvalue weighted by atomic mass is 16.5. The molecule has 1 fully saturated rings. The van der Waals surface area contributed by atoms with E-state index in [1.54, 1.807) is 7.11 Å². The van der Waals surface area contributed by atoms with Crippen molar-refractivity contribution < 1.29 is 4.74 Å². The number of hydrogen-bond donors (Lipinski definition) is 1. The van der Waals surface area contributed by atoms with Crippen molar-refractivity contribution in [2.24, 2.45) is 0 Å². The van der Waals surface area contributed by atoms with Gasteiger partial charge in [0.25, 0.3) is 0 Å². The molecule has 0 spiro atoms. The second-order valence-electron chi connectivity index (χ2n) is 5.82. The molecule has 2 aromatic carbocycles. The van der Waals surface area contributed by atoms with E-state index in [0.29, 0.717) is 6.04 Å². The summed E-state index contributed by atoms with van der Waals surface area (Å²) in [6.45, 7) is 0.774. The first kappa shape index (κ1) is 14.2. The predicted molar refractivity (Wildman–Crippen MR) is 87.8 cm³/mol. The Kier molecular flexibility index (Phi) is 4.56. The van der Waals surface area contributed by atoms with Crippen molar-refractivity contribution in [2.45, 2.75) is 31.2 Å². The number of para-hydroxylation sites is 1. The second kappa shape index (κ2) is 6.77. The van der Waals surface area contributed by atoms with Gasteiger partial charge in [0.15, 0.2) is 0 Å². The Hall–Kier alpha value is -1.80. The largest absolute Gasteiger partial charge is 0.384 e. The molecule has 0 aromatic heterocycles. The highest BCUT2D eigenvalue weighted by Gasteiger charge is 2.30. The van der Waals surface area contributed by atoms with Crippen LogP contribution in [0.3, 0.4) is 0 Å². The summed E-state index contributed by atoms with van der Waals surface area (Å²) in [6.07, 6.45) is 3.42. The van der Waals surface area contributed by atoms with Crippen LogP contribution in [0.15, 0.2) is 54.6 Å². The van der Waals surface area contributed by atoms with E-state index >= 15 is 0 Å². The van der Waals surface area contributed by atoms with Gasteiger partial charge in [-0.1, -0.05) is 48.5 Å². The Labute approximate surface area is 127 Å². The average Bonchev–Trinajstić information content (AvgIpc) is 2.50. The monoisotopic (exact) mass is 281 g/mol. The molecule has 2 aromatic rings. The van der Waals surface area contributed by atoms with E-state index in [0.717, 1.165) is 18.9 Å². The van der Waals surface area contributed by atoms with Gasteiger partial charge in [-0.2, -0.15) is 0 Å². The summed E-state index contributed by atoms with van der Waals surface area (Å²) in [7, 11) is 1.76. The molecule has 2 nitrogen and oxygen atoms in total. The van der Waals surface area contributed by atoms with Gasteiger partial charge in [0, 0.05) is 18.8 Å². The topological polar surface area (TPSA) is 21.3 Å². The van der Waals surface area contributed by atoms with Gasteiger partial charge in [0.05, 0.1) is 6.61 Å². The zero-order chi connectivity index (χ0) is 14.5. The van der Waals surface area contributed by atoms with Gasteiger partial charge in [-0.3, -0.25) is 0 Å². The highest BCUT2D eigenvalue weighted by molar-refractivity contribution is 5.52. The van der Waals surface area contributed by atoms with Crippen molar-refractivity contribution in [3.63, 3.8) is 0 Å². The van der Waals surface area contributed by atoms with Gasteiger partial charge in [-0.15, -0.1) is 0 Å². The summed E-state index contributed by atoms with van der Waals surface area (Å²) in [6, 6.07) is 20.0. The van der Waals surface area contributed by atoms with E-state index in [4.69, 9.17) is 4.74 Å². The average molecular weight is 281 g/mol. The number of rotatable bonds is 6. The number of hydrogen-bond acceptors (Lipinski definition) is 2. The van der Waals surface area contributed by atoms with Crippen LogP contribution in [-0.4, -0.2) is 19.8 Å². The Bertz CT molecular complexity index is 561. The zero-order valence-electron chi connectivity index (χ0n) is 12.6. The van der Waals surface area contributed by atoms with Crippen LogP contribution in [0.5, 0.6) is 0 Å². The lowest BCUT2D eigenvalue weighted by Crippen LogP contribution is -2.34. The van der Waals surface area contributed by atoms with Crippen molar-refractivity contribution in [1.29, 1.82) is 0 Å². The van der Waals surface area contributed by atoms with Gasteiger partial charge in [0.2, 0.25) is 0 Å². The van der Waals surface area contributed by atoms with E-state index < -0.39 is 0 Å². The fraction of sp³-hybridized carbons (Fsp3) is 0.368. The quantitative estimate of drug-likeness (QED) is 0.855. The fourth-order valence-electron chi connectivity index (χ4n) is 3.04. The smallest absolute Gasteiger partial charge is 0.0503 e. The third kappa shape index (κ3) is 3.45. The Morgan fingerprint density at radius 3 is 2.48 bits per heavy atom. The normalized spacial score (nSPS) is 20.8. The van der Waals surface area contributed by atoms with Gasteiger partial charge in [0.1, 0.15) is 0 Å². The maximum absolute atomic E-state index is 5.19. The minimum atomic E-state index is 0.596. The number of anilines is 1. The Morgan fingerprint density at radius 2 is 1.71 bits per heavy atom. The van der Waals surface area contributed by atoms with E-state index in [2.05, 4.69) is 59.9 Å². The number of nitrogens with one attached hydrogen (secondary N) is 1. The zero-order valence-corrected chi connectivity index (χ0v) is 12.6. The summed E-state index contributed by atoms with van der Waals surface area (Å²) in [4.78, 5) is 0. The molecule has 0 amide bonds. The molecule has 3 rings (SSSR count). The fourth-order valence-corrected chi connectivity index (χ4v) is 3.04. The molecule has 1 aliphatic rings. The molecule has 0 radical (unpaired) electrons. The van der Waals surface area contributed by atoms with Crippen molar-refractivity contribution in [2.75, 3.05) is 19.0 Å².